The van der Waals surface area contributed by atoms with E-state index in [1.54, 1.807) is 59.7 Å². The van der Waals surface area contributed by atoms with E-state index in [9.17, 15) is 4.79 Å². The monoisotopic (exact) mass is 328 g/mol. The maximum Gasteiger partial charge on any atom is 0.255 e. The van der Waals surface area contributed by atoms with Crippen LogP contribution in [0, 0.1) is 6.92 Å². The molecule has 0 atom stereocenters. The Kier molecular flexibility index (Phi) is 4.38. The summed E-state index contributed by atoms with van der Waals surface area (Å²) in [6.07, 6.45) is 3.34. The lowest BCUT2D eigenvalue weighted by molar-refractivity contribution is 0.102. The van der Waals surface area contributed by atoms with E-state index in [0.29, 0.717) is 23.6 Å². The summed E-state index contributed by atoms with van der Waals surface area (Å²) in [5.74, 6) is 0.522. The van der Waals surface area contributed by atoms with Crippen molar-refractivity contribution in [3.63, 3.8) is 0 Å². The molecule has 1 aromatic carbocycles. The van der Waals surface area contributed by atoms with Crippen LogP contribution < -0.4 is 10.1 Å². The van der Waals surface area contributed by atoms with Gasteiger partial charge in [-0.3, -0.25) is 9.48 Å². The number of ether oxygens (including phenoxy) is 1. The molecule has 7 heteroatoms. The number of hydrogen-bond donors (Lipinski definition) is 1. The van der Waals surface area contributed by atoms with Gasteiger partial charge in [-0.2, -0.15) is 5.10 Å². The number of anilines is 1. The number of aromatic nitrogens is 3. The number of thiazole rings is 1. The number of aryl methyl sites for hydroxylation is 2. The molecule has 0 bridgehead atoms. The second-order valence-electron chi connectivity index (χ2n) is 5.03. The largest absolute Gasteiger partial charge is 0.487 e. The standard InChI is InChI=1S/C16H16N4O2S/c1-11-18-14(10-23-11)9-22-15-5-3-12(4-6-15)16(21)19-13-7-17-20(2)8-13/h3-8,10H,9H2,1-2H3,(H,19,21). The summed E-state index contributed by atoms with van der Waals surface area (Å²) >= 11 is 1.60. The molecule has 3 aromatic rings. The SMILES string of the molecule is Cc1nc(COc2ccc(C(=O)Nc3cnn(C)c3)cc2)cs1. The Morgan fingerprint density at radius 3 is 2.74 bits per heavy atom. The number of hydrogen-bond acceptors (Lipinski definition) is 5. The van der Waals surface area contributed by atoms with E-state index < -0.39 is 0 Å². The molecule has 0 radical (unpaired) electrons. The van der Waals surface area contributed by atoms with E-state index in [0.717, 1.165) is 10.7 Å². The van der Waals surface area contributed by atoms with Gasteiger partial charge in [0.05, 0.1) is 22.6 Å². The Bertz CT molecular complexity index is 808. The van der Waals surface area contributed by atoms with Gasteiger partial charge in [0.1, 0.15) is 12.4 Å². The molecule has 2 heterocycles. The number of benzene rings is 1. The maximum atomic E-state index is 12.1. The molecule has 23 heavy (non-hydrogen) atoms. The third kappa shape index (κ3) is 3.95. The van der Waals surface area contributed by atoms with Gasteiger partial charge in [0.25, 0.3) is 5.91 Å². The number of nitrogens with zero attached hydrogens (tertiary/aromatic N) is 3. The van der Waals surface area contributed by atoms with Crippen LogP contribution in [-0.4, -0.2) is 20.7 Å². The summed E-state index contributed by atoms with van der Waals surface area (Å²) in [5, 5.41) is 9.79. The van der Waals surface area contributed by atoms with Crippen molar-refractivity contribution in [1.29, 1.82) is 0 Å². The van der Waals surface area contributed by atoms with Crippen LogP contribution in [0.1, 0.15) is 21.1 Å². The van der Waals surface area contributed by atoms with Crippen LogP contribution in [0.15, 0.2) is 42.0 Å². The molecule has 0 saturated heterocycles. The van der Waals surface area contributed by atoms with E-state index >= 15 is 0 Å². The molecule has 0 spiro atoms. The molecule has 3 rings (SSSR count). The fourth-order valence-electron chi connectivity index (χ4n) is 2.02. The zero-order valence-corrected chi connectivity index (χ0v) is 13.6. The molecule has 2 aromatic heterocycles. The molecule has 1 amide bonds. The summed E-state index contributed by atoms with van der Waals surface area (Å²) in [5.41, 5.74) is 2.13. The fourth-order valence-corrected chi connectivity index (χ4v) is 2.62. The van der Waals surface area contributed by atoms with Crippen LogP contribution in [0.2, 0.25) is 0 Å². The highest BCUT2D eigenvalue weighted by Crippen LogP contribution is 2.16. The van der Waals surface area contributed by atoms with Crippen LogP contribution >= 0.6 is 11.3 Å². The van der Waals surface area contributed by atoms with Crippen molar-refractivity contribution in [2.45, 2.75) is 13.5 Å². The van der Waals surface area contributed by atoms with E-state index in [4.69, 9.17) is 4.74 Å². The van der Waals surface area contributed by atoms with Gasteiger partial charge in [-0.25, -0.2) is 4.98 Å². The molecule has 0 saturated carbocycles. The second-order valence-corrected chi connectivity index (χ2v) is 6.09. The molecule has 6 nitrogen and oxygen atoms in total. The minimum absolute atomic E-state index is 0.181. The first-order chi connectivity index (χ1) is 11.1. The Hall–Kier alpha value is -2.67. The molecular weight excluding hydrogens is 312 g/mol. The van der Waals surface area contributed by atoms with Crippen molar-refractivity contribution in [3.8, 4) is 5.75 Å². The van der Waals surface area contributed by atoms with Gasteiger partial charge in [0, 0.05) is 24.2 Å². The van der Waals surface area contributed by atoms with Crippen molar-refractivity contribution in [2.75, 3.05) is 5.32 Å². The first kappa shape index (κ1) is 15.2. The Morgan fingerprint density at radius 1 is 1.35 bits per heavy atom. The van der Waals surface area contributed by atoms with Crippen LogP contribution in [0.5, 0.6) is 5.75 Å². The van der Waals surface area contributed by atoms with Gasteiger partial charge >= 0.3 is 0 Å². The van der Waals surface area contributed by atoms with Crippen molar-refractivity contribution >= 4 is 22.9 Å². The highest BCUT2D eigenvalue weighted by molar-refractivity contribution is 7.09. The lowest BCUT2D eigenvalue weighted by Crippen LogP contribution is -2.11. The zero-order valence-electron chi connectivity index (χ0n) is 12.8. The second kappa shape index (κ2) is 6.62. The zero-order chi connectivity index (χ0) is 16.2. The van der Waals surface area contributed by atoms with Crippen LogP contribution in [-0.2, 0) is 13.7 Å². The summed E-state index contributed by atoms with van der Waals surface area (Å²) in [6, 6.07) is 7.01. The smallest absolute Gasteiger partial charge is 0.255 e. The third-order valence-corrected chi connectivity index (χ3v) is 3.95. The molecule has 1 N–H and O–H groups in total. The van der Waals surface area contributed by atoms with E-state index in [1.807, 2.05) is 12.3 Å². The highest BCUT2D eigenvalue weighted by Gasteiger charge is 2.07. The highest BCUT2D eigenvalue weighted by atomic mass is 32.1. The van der Waals surface area contributed by atoms with Gasteiger partial charge < -0.3 is 10.1 Å². The van der Waals surface area contributed by atoms with Gasteiger partial charge in [-0.05, 0) is 31.2 Å². The van der Waals surface area contributed by atoms with E-state index in [-0.39, 0.29) is 5.91 Å². The molecule has 0 aliphatic heterocycles. The summed E-state index contributed by atoms with van der Waals surface area (Å²) in [7, 11) is 1.80. The lowest BCUT2D eigenvalue weighted by Gasteiger charge is -2.06. The van der Waals surface area contributed by atoms with Crippen molar-refractivity contribution in [1.82, 2.24) is 14.8 Å². The first-order valence-corrected chi connectivity index (χ1v) is 7.92. The molecule has 0 fully saturated rings. The Balaban J connectivity index is 1.58. The average Bonchev–Trinajstić information content (AvgIpc) is 3.14. The number of carbonyl (C=O) groups excluding carboxylic acids is 1. The summed E-state index contributed by atoms with van der Waals surface area (Å²) in [4.78, 5) is 16.5. The van der Waals surface area contributed by atoms with Crippen molar-refractivity contribution < 1.29 is 9.53 Å². The Labute approximate surface area is 137 Å². The van der Waals surface area contributed by atoms with Crippen LogP contribution in [0.4, 0.5) is 5.69 Å². The molecule has 0 aliphatic carbocycles. The van der Waals surface area contributed by atoms with Gasteiger partial charge in [-0.15, -0.1) is 11.3 Å². The van der Waals surface area contributed by atoms with E-state index in [2.05, 4.69) is 15.4 Å². The summed E-state index contributed by atoms with van der Waals surface area (Å²) in [6.45, 7) is 2.38. The molecule has 0 unspecified atom stereocenters. The first-order valence-electron chi connectivity index (χ1n) is 7.04. The Morgan fingerprint density at radius 2 is 2.13 bits per heavy atom. The maximum absolute atomic E-state index is 12.1. The molecular formula is C16H16N4O2S. The van der Waals surface area contributed by atoms with Crippen LogP contribution in [0.25, 0.3) is 0 Å². The van der Waals surface area contributed by atoms with Crippen molar-refractivity contribution in [2.24, 2.45) is 7.05 Å². The number of nitrogens with one attached hydrogen (secondary N) is 1. The summed E-state index contributed by atoms with van der Waals surface area (Å²) < 4.78 is 7.29. The van der Waals surface area contributed by atoms with Crippen molar-refractivity contribution in [3.05, 3.63) is 58.3 Å². The number of amides is 1. The molecule has 118 valence electrons. The number of carbonyl (C=O) groups is 1. The molecule has 0 aliphatic rings. The minimum Gasteiger partial charge on any atom is -0.487 e. The van der Waals surface area contributed by atoms with Gasteiger partial charge in [0.15, 0.2) is 0 Å². The average molecular weight is 328 g/mol. The fraction of sp³-hybridized carbons (Fsp3) is 0.188. The quantitative estimate of drug-likeness (QED) is 0.781. The van der Waals surface area contributed by atoms with Gasteiger partial charge in [0.2, 0.25) is 0 Å². The van der Waals surface area contributed by atoms with E-state index in [1.165, 1.54) is 0 Å². The predicted octanol–water partition coefficient (Wildman–Crippen LogP) is 3.02. The topological polar surface area (TPSA) is 69.0 Å². The van der Waals surface area contributed by atoms with Crippen LogP contribution in [0.3, 0.4) is 0 Å². The third-order valence-electron chi connectivity index (χ3n) is 3.13. The predicted molar refractivity (Wildman–Crippen MR) is 88.8 cm³/mol. The normalized spacial score (nSPS) is 10.5. The lowest BCUT2D eigenvalue weighted by atomic mass is 10.2. The number of rotatable bonds is 5. The van der Waals surface area contributed by atoms with Gasteiger partial charge in [-0.1, -0.05) is 0 Å². The minimum atomic E-state index is -0.181.